The van der Waals surface area contributed by atoms with Crippen LogP contribution in [-0.2, 0) is 0 Å². The first-order chi connectivity index (χ1) is 52.0. The molecule has 0 saturated carbocycles. The molecule has 0 fully saturated rings. The van der Waals surface area contributed by atoms with Crippen LogP contribution < -0.4 is 14.7 Å². The molecule has 0 atom stereocenters. The molecule has 0 bridgehead atoms. The quantitative estimate of drug-likeness (QED) is 0.137. The van der Waals surface area contributed by atoms with Gasteiger partial charge < -0.3 is 28.4 Å². The zero-order valence-electron chi connectivity index (χ0n) is 55.8. The number of hydrogen-bond acceptors (Lipinski definition) is 12. The van der Waals surface area contributed by atoms with Gasteiger partial charge in [-0.3, -0.25) is 0 Å². The van der Waals surface area contributed by atoms with Crippen LogP contribution in [0.2, 0.25) is 0 Å². The lowest BCUT2D eigenvalue weighted by atomic mass is 10.0. The number of para-hydroxylation sites is 9. The Morgan fingerprint density at radius 1 is 0.190 bits per heavy atom. The van der Waals surface area contributed by atoms with E-state index >= 15 is 0 Å². The van der Waals surface area contributed by atoms with Crippen molar-refractivity contribution in [2.45, 2.75) is 29.4 Å². The molecular weight excluding hydrogens is 1350 g/mol. The molecule has 105 heavy (non-hydrogen) atoms. The summed E-state index contributed by atoms with van der Waals surface area (Å²) in [5.41, 5.74) is 21.3. The third-order valence-corrected chi connectivity index (χ3v) is 23.8. The Bertz CT molecular complexity index is 5990. The molecule has 0 radical (unpaired) electrons. The van der Waals surface area contributed by atoms with Gasteiger partial charge in [0.1, 0.15) is 0 Å². The molecule has 0 amide bonds. The highest BCUT2D eigenvalue weighted by Gasteiger charge is 2.31. The molecule has 22 rings (SSSR count). The molecule has 0 aliphatic carbocycles. The average Bonchev–Trinajstić information content (AvgIpc) is 1.62. The molecule has 12 nitrogen and oxygen atoms in total. The van der Waals surface area contributed by atoms with Crippen LogP contribution in [0.5, 0.6) is 0 Å². The van der Waals surface area contributed by atoms with E-state index in [1.165, 1.54) is 65.4 Å². The Morgan fingerprint density at radius 3 is 0.667 bits per heavy atom. The Balaban J connectivity index is 0.644. The topological polar surface area (TPSA) is 102 Å². The Labute approximate surface area is 614 Å². The number of rotatable bonds is 9. The fourth-order valence-electron chi connectivity index (χ4n) is 15.9. The van der Waals surface area contributed by atoms with E-state index in [0.29, 0.717) is 17.5 Å². The molecule has 6 aromatic heterocycles. The monoisotopic (exact) mass is 1400 g/mol. The number of hydrogen-bond donors (Lipinski definition) is 0. The Kier molecular flexibility index (Phi) is 13.5. The molecule has 15 heteroatoms. The summed E-state index contributed by atoms with van der Waals surface area (Å²) in [6.07, 6.45) is 11.6. The molecule has 0 unspecified atom stereocenters. The van der Waals surface area contributed by atoms with Crippen molar-refractivity contribution in [3.63, 3.8) is 0 Å². The van der Waals surface area contributed by atoms with Gasteiger partial charge in [-0.1, -0.05) is 181 Å². The second kappa shape index (κ2) is 23.8. The molecular formula is C90H54N12S3. The Hall–Kier alpha value is -13.1. The molecule has 492 valence electrons. The first-order valence-electron chi connectivity index (χ1n) is 34.8. The molecule has 13 aromatic carbocycles. The van der Waals surface area contributed by atoms with Crippen LogP contribution in [0.3, 0.4) is 0 Å². The van der Waals surface area contributed by atoms with Gasteiger partial charge >= 0.3 is 0 Å². The van der Waals surface area contributed by atoms with Gasteiger partial charge in [-0.2, -0.15) is 0 Å². The van der Waals surface area contributed by atoms with Crippen molar-refractivity contribution in [2.24, 2.45) is 0 Å². The van der Waals surface area contributed by atoms with Crippen molar-refractivity contribution >= 4 is 152 Å². The summed E-state index contributed by atoms with van der Waals surface area (Å²) < 4.78 is 7.12. The van der Waals surface area contributed by atoms with Crippen molar-refractivity contribution in [3.05, 3.63) is 328 Å². The van der Waals surface area contributed by atoms with Gasteiger partial charge in [-0.15, -0.1) is 0 Å². The summed E-state index contributed by atoms with van der Waals surface area (Å²) in [4.78, 5) is 45.1. The number of benzene rings is 13. The smallest absolute Gasteiger partial charge is 0.159 e. The third-order valence-electron chi connectivity index (χ3n) is 20.4. The molecule has 0 spiro atoms. The summed E-state index contributed by atoms with van der Waals surface area (Å²) in [7, 11) is 0. The molecule has 3 aliphatic rings. The number of nitrogens with zero attached hydrogens (tertiary/aromatic N) is 12. The summed E-state index contributed by atoms with van der Waals surface area (Å²) >= 11 is 5.34. The highest BCUT2D eigenvalue weighted by Crippen LogP contribution is 2.56. The van der Waals surface area contributed by atoms with Gasteiger partial charge in [0, 0.05) is 95.4 Å². The number of fused-ring (bicyclic) bond motifs is 15. The normalized spacial score (nSPS) is 13.0. The van der Waals surface area contributed by atoms with Crippen LogP contribution >= 0.6 is 35.3 Å². The van der Waals surface area contributed by atoms with Crippen molar-refractivity contribution < 1.29 is 0 Å². The second-order valence-corrected chi connectivity index (χ2v) is 29.6. The molecule has 0 saturated heterocycles. The molecule has 3 aliphatic heterocycles. The van der Waals surface area contributed by atoms with E-state index in [9.17, 15) is 0 Å². The van der Waals surface area contributed by atoms with E-state index in [-0.39, 0.29) is 0 Å². The fourth-order valence-corrected chi connectivity index (χ4v) is 19.1. The van der Waals surface area contributed by atoms with Crippen LogP contribution in [-0.4, -0.2) is 43.6 Å². The van der Waals surface area contributed by atoms with E-state index in [2.05, 4.69) is 320 Å². The maximum absolute atomic E-state index is 5.24. The van der Waals surface area contributed by atoms with Gasteiger partial charge in [-0.05, 0) is 146 Å². The van der Waals surface area contributed by atoms with Crippen LogP contribution in [0.15, 0.2) is 358 Å². The standard InChI is InChI=1S/C90H54N12S3/c1-7-25-70-64(19-1)65-20-2-8-26-71(65)97(70)58-37-40-79-85(46-58)103-82-34-16-13-31-76(82)100(79)61-49-91-88(92-50-61)55-43-56(89-93-51-62(52-94-89)101-77-32-14-17-35-83(77)104-86-47-59(38-41-80(86)101)98-72-27-9-3-21-66(72)67-22-4-10-28-73(67)98)45-57(44-55)90-95-53-63(54-96-90)102-78-33-15-18-36-84(78)105-87-48-60(39-42-81(87)102)99-74-29-11-5-23-68(74)69-24-6-12-30-75(69)99/h1-54H. The van der Waals surface area contributed by atoms with Crippen LogP contribution in [0.25, 0.3) is 117 Å². The number of aromatic nitrogens is 9. The maximum Gasteiger partial charge on any atom is 0.159 e. The van der Waals surface area contributed by atoms with Crippen molar-refractivity contribution in [1.82, 2.24) is 43.6 Å². The van der Waals surface area contributed by atoms with Gasteiger partial charge in [0.2, 0.25) is 0 Å². The largest absolute Gasteiger partial charge is 0.309 e. The molecule has 0 N–H and O–H groups in total. The van der Waals surface area contributed by atoms with E-state index in [1.807, 2.05) is 37.2 Å². The first-order valence-corrected chi connectivity index (χ1v) is 37.2. The van der Waals surface area contributed by atoms with Crippen molar-refractivity contribution in [3.8, 4) is 51.2 Å². The third kappa shape index (κ3) is 9.52. The van der Waals surface area contributed by atoms with Gasteiger partial charge in [0.05, 0.1) is 121 Å². The minimum Gasteiger partial charge on any atom is -0.309 e. The lowest BCUT2D eigenvalue weighted by Crippen LogP contribution is -2.16. The summed E-state index contributed by atoms with van der Waals surface area (Å²) in [5.74, 6) is 1.57. The van der Waals surface area contributed by atoms with E-state index in [0.717, 1.165) is 114 Å². The Morgan fingerprint density at radius 2 is 0.410 bits per heavy atom. The van der Waals surface area contributed by atoms with Crippen LogP contribution in [0.4, 0.5) is 51.2 Å². The molecule has 9 heterocycles. The SMILES string of the molecule is c1ccc2c(c1)Sc1cc(-n3c4ccccc4c4ccccc43)ccc1N2c1cnc(-c2cc(-c3ncc(N4c5ccccc5Sc5cc(-n6c7ccccc7c7ccccc76)ccc54)cn3)cc(-c3ncc(N4c5ccccc5Sc5cc(-n6c7ccccc7c7ccccc76)ccc54)cn3)c2)nc1. The second-order valence-electron chi connectivity index (χ2n) is 26.4. The maximum atomic E-state index is 5.24. The lowest BCUT2D eigenvalue weighted by Gasteiger charge is -2.32. The summed E-state index contributed by atoms with van der Waals surface area (Å²) in [6, 6.07) is 104. The van der Waals surface area contributed by atoms with Crippen LogP contribution in [0.1, 0.15) is 0 Å². The highest BCUT2D eigenvalue weighted by molar-refractivity contribution is 8.00. The van der Waals surface area contributed by atoms with E-state index < -0.39 is 0 Å². The highest BCUT2D eigenvalue weighted by atomic mass is 32.2. The number of anilines is 9. The summed E-state index contributed by atoms with van der Waals surface area (Å²) in [5, 5.41) is 7.36. The minimum absolute atomic E-state index is 0.523. The predicted molar refractivity (Wildman–Crippen MR) is 429 cm³/mol. The van der Waals surface area contributed by atoms with Gasteiger partial charge in [-0.25, -0.2) is 29.9 Å². The zero-order valence-corrected chi connectivity index (χ0v) is 58.2. The van der Waals surface area contributed by atoms with E-state index in [4.69, 9.17) is 29.9 Å². The van der Waals surface area contributed by atoms with Gasteiger partial charge in [0.25, 0.3) is 0 Å². The zero-order chi connectivity index (χ0) is 68.8. The van der Waals surface area contributed by atoms with Gasteiger partial charge in [0.15, 0.2) is 17.5 Å². The van der Waals surface area contributed by atoms with E-state index in [1.54, 1.807) is 35.3 Å². The predicted octanol–water partition coefficient (Wildman–Crippen LogP) is 24.2. The molecule has 19 aromatic rings. The first kappa shape index (κ1) is 59.6. The fraction of sp³-hybridized carbons (Fsp3) is 0. The average molecular weight is 1400 g/mol. The van der Waals surface area contributed by atoms with Crippen LogP contribution in [0, 0.1) is 0 Å². The van der Waals surface area contributed by atoms with Crippen molar-refractivity contribution in [2.75, 3.05) is 14.7 Å². The minimum atomic E-state index is 0.523. The van der Waals surface area contributed by atoms with Crippen molar-refractivity contribution in [1.29, 1.82) is 0 Å². The summed E-state index contributed by atoms with van der Waals surface area (Å²) in [6.45, 7) is 0. The lowest BCUT2D eigenvalue weighted by molar-refractivity contribution is 1.09.